The number of methoxy groups -OCH3 is 2. The van der Waals surface area contributed by atoms with Crippen LogP contribution in [0.5, 0.6) is 11.5 Å². The fourth-order valence-corrected chi connectivity index (χ4v) is 3.41. The van der Waals surface area contributed by atoms with Crippen LogP contribution < -0.4 is 14.4 Å². The lowest BCUT2D eigenvalue weighted by molar-refractivity contribution is 0.0503. The van der Waals surface area contributed by atoms with Crippen LogP contribution in [0.25, 0.3) is 0 Å². The highest BCUT2D eigenvalue weighted by Gasteiger charge is 2.18. The molecule has 3 aromatic rings. The Kier molecular flexibility index (Phi) is 9.24. The fourth-order valence-electron chi connectivity index (χ4n) is 3.41. The highest BCUT2D eigenvalue weighted by atomic mass is 16.5. The maximum Gasteiger partial charge on any atom is 0.338 e. The minimum atomic E-state index is -0.443. The van der Waals surface area contributed by atoms with Crippen molar-refractivity contribution in [3.05, 3.63) is 89.5 Å². The molecule has 0 aliphatic rings. The van der Waals surface area contributed by atoms with Gasteiger partial charge in [0.25, 0.3) is 0 Å². The molecule has 0 aliphatic heterocycles. The van der Waals surface area contributed by atoms with Crippen molar-refractivity contribution in [3.8, 4) is 11.5 Å². The van der Waals surface area contributed by atoms with E-state index in [1.165, 1.54) is 14.2 Å². The molecule has 8 heteroatoms. The van der Waals surface area contributed by atoms with Crippen LogP contribution in [0, 0.1) is 0 Å². The number of benzene rings is 3. The molecular weight excluding hydrogens is 450 g/mol. The second-order valence-corrected chi connectivity index (χ2v) is 7.37. The predicted octanol–water partition coefficient (Wildman–Crippen LogP) is 4.04. The summed E-state index contributed by atoms with van der Waals surface area (Å²) in [6.07, 6.45) is 0.679. The van der Waals surface area contributed by atoms with Crippen LogP contribution in [0.2, 0.25) is 0 Å². The Bertz CT molecular complexity index is 1080. The maximum absolute atomic E-state index is 12.3. The minimum Gasteiger partial charge on any atom is -0.496 e. The third-order valence-corrected chi connectivity index (χ3v) is 5.21. The van der Waals surface area contributed by atoms with Gasteiger partial charge in [-0.25, -0.2) is 9.59 Å². The third-order valence-electron chi connectivity index (χ3n) is 5.21. The van der Waals surface area contributed by atoms with Crippen molar-refractivity contribution in [3.63, 3.8) is 0 Å². The first-order chi connectivity index (χ1) is 17.1. The highest BCUT2D eigenvalue weighted by Crippen LogP contribution is 2.35. The Balaban J connectivity index is 1.75. The smallest absolute Gasteiger partial charge is 0.338 e. The van der Waals surface area contributed by atoms with Crippen LogP contribution in [0.4, 0.5) is 5.69 Å². The SMILES string of the molecule is COc1cc(N(CCOC(=O)c2ccccc2)CCOC(=O)c2ccccc2)c(OC)cc1C=O. The van der Waals surface area contributed by atoms with Gasteiger partial charge in [0.1, 0.15) is 24.7 Å². The summed E-state index contributed by atoms with van der Waals surface area (Å²) in [6.45, 7) is 0.700. The Morgan fingerprint density at radius 2 is 1.23 bits per heavy atom. The molecule has 0 heterocycles. The lowest BCUT2D eigenvalue weighted by atomic mass is 10.1. The molecule has 182 valence electrons. The van der Waals surface area contributed by atoms with E-state index in [2.05, 4.69) is 0 Å². The Morgan fingerprint density at radius 1 is 0.743 bits per heavy atom. The molecular formula is C27H27NO7. The van der Waals surface area contributed by atoms with Gasteiger partial charge in [-0.3, -0.25) is 4.79 Å². The number of nitrogens with zero attached hydrogens (tertiary/aromatic N) is 1. The lowest BCUT2D eigenvalue weighted by Crippen LogP contribution is -2.32. The number of carbonyl (C=O) groups excluding carboxylic acids is 3. The van der Waals surface area contributed by atoms with E-state index in [9.17, 15) is 14.4 Å². The van der Waals surface area contributed by atoms with Crippen molar-refractivity contribution >= 4 is 23.9 Å². The molecule has 0 saturated carbocycles. The number of rotatable bonds is 12. The van der Waals surface area contributed by atoms with Gasteiger partial charge in [-0.2, -0.15) is 0 Å². The molecule has 3 aromatic carbocycles. The zero-order valence-electron chi connectivity index (χ0n) is 19.6. The van der Waals surface area contributed by atoms with Crippen molar-refractivity contribution in [2.45, 2.75) is 0 Å². The molecule has 0 spiro atoms. The number of hydrogen-bond acceptors (Lipinski definition) is 8. The molecule has 0 amide bonds. The van der Waals surface area contributed by atoms with Crippen molar-refractivity contribution in [1.29, 1.82) is 0 Å². The summed E-state index contributed by atoms with van der Waals surface area (Å²) in [5.74, 6) is -0.0937. The van der Waals surface area contributed by atoms with Gasteiger partial charge in [-0.1, -0.05) is 36.4 Å². The van der Waals surface area contributed by atoms with Crippen LogP contribution in [0.3, 0.4) is 0 Å². The van der Waals surface area contributed by atoms with E-state index in [4.69, 9.17) is 18.9 Å². The molecule has 0 N–H and O–H groups in total. The predicted molar refractivity (Wildman–Crippen MR) is 131 cm³/mol. The summed E-state index contributed by atoms with van der Waals surface area (Å²) in [5.41, 5.74) is 1.83. The van der Waals surface area contributed by atoms with E-state index < -0.39 is 11.9 Å². The average Bonchev–Trinajstić information content (AvgIpc) is 2.92. The molecule has 0 fully saturated rings. The van der Waals surface area contributed by atoms with Gasteiger partial charge < -0.3 is 23.8 Å². The third kappa shape index (κ3) is 6.83. The zero-order valence-corrected chi connectivity index (χ0v) is 19.6. The normalized spacial score (nSPS) is 10.2. The fraction of sp³-hybridized carbons (Fsp3) is 0.222. The van der Waals surface area contributed by atoms with Crippen LogP contribution >= 0.6 is 0 Å². The Morgan fingerprint density at radius 3 is 1.66 bits per heavy atom. The number of esters is 2. The van der Waals surface area contributed by atoms with E-state index >= 15 is 0 Å². The standard InChI is InChI=1S/C27H27NO7/c1-32-24-18-23(25(33-2)17-22(24)19-29)28(13-15-34-26(30)20-9-5-3-6-10-20)14-16-35-27(31)21-11-7-4-8-12-21/h3-12,17-19H,13-16H2,1-2H3. The largest absolute Gasteiger partial charge is 0.496 e. The Labute approximate surface area is 204 Å². The second-order valence-electron chi connectivity index (χ2n) is 7.37. The molecule has 0 atom stereocenters. The molecule has 0 unspecified atom stereocenters. The minimum absolute atomic E-state index is 0.0707. The summed E-state index contributed by atoms with van der Waals surface area (Å²) < 4.78 is 21.7. The van der Waals surface area contributed by atoms with E-state index in [0.717, 1.165) is 0 Å². The van der Waals surface area contributed by atoms with Gasteiger partial charge in [0.2, 0.25) is 0 Å². The number of ether oxygens (including phenoxy) is 4. The summed E-state index contributed by atoms with van der Waals surface area (Å²) in [5, 5.41) is 0. The van der Waals surface area contributed by atoms with Gasteiger partial charge in [-0.15, -0.1) is 0 Å². The first-order valence-electron chi connectivity index (χ1n) is 11.0. The Hall–Kier alpha value is -4.33. The number of carbonyl (C=O) groups is 3. The number of anilines is 1. The molecule has 0 radical (unpaired) electrons. The van der Waals surface area contributed by atoms with E-state index in [-0.39, 0.29) is 26.3 Å². The molecule has 8 nitrogen and oxygen atoms in total. The van der Waals surface area contributed by atoms with Crippen molar-refractivity contribution in [2.75, 3.05) is 45.4 Å². The van der Waals surface area contributed by atoms with Gasteiger partial charge in [0.05, 0.1) is 49.7 Å². The van der Waals surface area contributed by atoms with E-state index in [0.29, 0.717) is 40.2 Å². The first-order valence-corrected chi connectivity index (χ1v) is 11.0. The molecule has 0 aliphatic carbocycles. The highest BCUT2D eigenvalue weighted by molar-refractivity contribution is 5.90. The van der Waals surface area contributed by atoms with Gasteiger partial charge in [0, 0.05) is 6.07 Å². The number of hydrogen-bond donors (Lipinski definition) is 0. The first kappa shape index (κ1) is 25.3. The summed E-state index contributed by atoms with van der Waals surface area (Å²) in [4.78, 5) is 37.9. The maximum atomic E-state index is 12.3. The van der Waals surface area contributed by atoms with Crippen molar-refractivity contribution < 1.29 is 33.3 Å². The molecule has 0 aromatic heterocycles. The van der Waals surface area contributed by atoms with Crippen LogP contribution in [0.15, 0.2) is 72.8 Å². The quantitative estimate of drug-likeness (QED) is 0.285. The van der Waals surface area contributed by atoms with Crippen LogP contribution in [-0.4, -0.2) is 58.7 Å². The summed E-state index contributed by atoms with van der Waals surface area (Å²) in [7, 11) is 2.95. The topological polar surface area (TPSA) is 91.4 Å². The van der Waals surface area contributed by atoms with Gasteiger partial charge in [0.15, 0.2) is 6.29 Å². The molecule has 0 saturated heterocycles. The monoisotopic (exact) mass is 477 g/mol. The zero-order chi connectivity index (χ0) is 25.0. The average molecular weight is 478 g/mol. The van der Waals surface area contributed by atoms with Crippen molar-refractivity contribution in [2.24, 2.45) is 0 Å². The van der Waals surface area contributed by atoms with Gasteiger partial charge in [-0.05, 0) is 30.3 Å². The van der Waals surface area contributed by atoms with Crippen molar-refractivity contribution in [1.82, 2.24) is 0 Å². The van der Waals surface area contributed by atoms with Crippen LogP contribution in [0.1, 0.15) is 31.1 Å². The van der Waals surface area contributed by atoms with E-state index in [1.807, 2.05) is 17.0 Å². The number of aldehydes is 1. The second kappa shape index (κ2) is 12.8. The summed E-state index contributed by atoms with van der Waals surface area (Å²) >= 11 is 0. The van der Waals surface area contributed by atoms with E-state index in [1.54, 1.807) is 60.7 Å². The van der Waals surface area contributed by atoms with Crippen LogP contribution in [-0.2, 0) is 9.47 Å². The lowest BCUT2D eigenvalue weighted by Gasteiger charge is -2.27. The summed E-state index contributed by atoms with van der Waals surface area (Å²) in [6, 6.07) is 20.6. The van der Waals surface area contributed by atoms with Gasteiger partial charge >= 0.3 is 11.9 Å². The molecule has 3 rings (SSSR count). The molecule has 35 heavy (non-hydrogen) atoms. The molecule has 0 bridgehead atoms.